The Labute approximate surface area is 103 Å². The molecule has 1 aliphatic rings. The molecule has 0 aliphatic carbocycles. The molecular weight excluding hydrogens is 220 g/mol. The van der Waals surface area contributed by atoms with E-state index in [1.165, 1.54) is 24.3 Å². The fraction of sp³-hybridized carbons (Fsp3) is 0.917. The number of hydrogen-bond donors (Lipinski definition) is 2. The molecule has 94 valence electrons. The van der Waals surface area contributed by atoms with Crippen molar-refractivity contribution in [2.24, 2.45) is 17.1 Å². The highest BCUT2D eigenvalue weighted by Crippen LogP contribution is 2.22. The first kappa shape index (κ1) is 13.8. The van der Waals surface area contributed by atoms with Gasteiger partial charge in [-0.15, -0.1) is 0 Å². The highest BCUT2D eigenvalue weighted by molar-refractivity contribution is 7.99. The number of thioether (sulfide) groups is 1. The van der Waals surface area contributed by atoms with Crippen LogP contribution < -0.4 is 11.1 Å². The van der Waals surface area contributed by atoms with Crippen molar-refractivity contribution in [2.75, 3.05) is 18.1 Å². The SMILES string of the molecule is CC(C)(C)C(N)C(=O)NCC1CCSCC1. The molecule has 0 aromatic rings. The van der Waals surface area contributed by atoms with Crippen LogP contribution in [0, 0.1) is 11.3 Å². The second kappa shape index (κ2) is 5.92. The molecule has 0 aromatic heterocycles. The molecule has 1 atom stereocenters. The maximum atomic E-state index is 11.8. The molecule has 3 N–H and O–H groups in total. The van der Waals surface area contributed by atoms with Crippen LogP contribution in [-0.2, 0) is 4.79 Å². The van der Waals surface area contributed by atoms with Gasteiger partial charge in [-0.05, 0) is 35.7 Å². The molecule has 1 aliphatic heterocycles. The van der Waals surface area contributed by atoms with E-state index in [1.54, 1.807) is 0 Å². The van der Waals surface area contributed by atoms with Crippen LogP contribution in [0.2, 0.25) is 0 Å². The molecule has 0 spiro atoms. The largest absolute Gasteiger partial charge is 0.354 e. The van der Waals surface area contributed by atoms with E-state index in [1.807, 2.05) is 32.5 Å². The van der Waals surface area contributed by atoms with E-state index in [9.17, 15) is 4.79 Å². The van der Waals surface area contributed by atoms with Crippen LogP contribution in [0.15, 0.2) is 0 Å². The molecule has 1 rings (SSSR count). The molecule has 0 bridgehead atoms. The number of hydrogen-bond acceptors (Lipinski definition) is 3. The molecule has 4 heteroatoms. The van der Waals surface area contributed by atoms with Crippen LogP contribution >= 0.6 is 11.8 Å². The molecular formula is C12H24N2OS. The number of carbonyl (C=O) groups excluding carboxylic acids is 1. The molecule has 0 aromatic carbocycles. The van der Waals surface area contributed by atoms with Crippen LogP contribution in [0.25, 0.3) is 0 Å². The average molecular weight is 244 g/mol. The van der Waals surface area contributed by atoms with Gasteiger partial charge in [-0.3, -0.25) is 4.79 Å². The number of rotatable bonds is 3. The van der Waals surface area contributed by atoms with Gasteiger partial charge in [0.15, 0.2) is 0 Å². The number of amides is 1. The van der Waals surface area contributed by atoms with Crippen LogP contribution in [0.5, 0.6) is 0 Å². The Hall–Kier alpha value is -0.220. The predicted octanol–water partition coefficient (Wildman–Crippen LogP) is 1.62. The summed E-state index contributed by atoms with van der Waals surface area (Å²) in [4.78, 5) is 11.8. The monoisotopic (exact) mass is 244 g/mol. The summed E-state index contributed by atoms with van der Waals surface area (Å²) in [7, 11) is 0. The molecule has 0 radical (unpaired) electrons. The average Bonchev–Trinajstić information content (AvgIpc) is 2.25. The molecule has 16 heavy (non-hydrogen) atoms. The second-order valence-electron chi connectivity index (χ2n) is 5.64. The van der Waals surface area contributed by atoms with Crippen molar-refractivity contribution in [2.45, 2.75) is 39.7 Å². The molecule has 3 nitrogen and oxygen atoms in total. The van der Waals surface area contributed by atoms with E-state index >= 15 is 0 Å². The molecule has 1 fully saturated rings. The van der Waals surface area contributed by atoms with Gasteiger partial charge in [0.25, 0.3) is 0 Å². The molecule has 1 saturated heterocycles. The smallest absolute Gasteiger partial charge is 0.237 e. The van der Waals surface area contributed by atoms with Crippen molar-refractivity contribution in [3.63, 3.8) is 0 Å². The van der Waals surface area contributed by atoms with Gasteiger partial charge in [-0.2, -0.15) is 11.8 Å². The van der Waals surface area contributed by atoms with Gasteiger partial charge < -0.3 is 11.1 Å². The van der Waals surface area contributed by atoms with E-state index < -0.39 is 6.04 Å². The first-order chi connectivity index (χ1) is 7.41. The van der Waals surface area contributed by atoms with E-state index in [0.717, 1.165) is 6.54 Å². The fourth-order valence-electron chi connectivity index (χ4n) is 1.70. The summed E-state index contributed by atoms with van der Waals surface area (Å²) in [6, 6.07) is -0.412. The maximum absolute atomic E-state index is 11.8. The van der Waals surface area contributed by atoms with Gasteiger partial charge in [0, 0.05) is 6.54 Å². The summed E-state index contributed by atoms with van der Waals surface area (Å²) in [6.07, 6.45) is 2.44. The van der Waals surface area contributed by atoms with E-state index in [0.29, 0.717) is 5.92 Å². The lowest BCUT2D eigenvalue weighted by atomic mass is 9.87. The summed E-state index contributed by atoms with van der Waals surface area (Å²) in [5.74, 6) is 3.10. The van der Waals surface area contributed by atoms with Crippen molar-refractivity contribution in [3.05, 3.63) is 0 Å². The molecule has 1 amide bonds. The van der Waals surface area contributed by atoms with Gasteiger partial charge >= 0.3 is 0 Å². The third kappa shape index (κ3) is 4.34. The third-order valence-electron chi connectivity index (χ3n) is 3.12. The standard InChI is InChI=1S/C12H24N2OS/c1-12(2,3)10(13)11(15)14-8-9-4-6-16-7-5-9/h9-10H,4-8,13H2,1-3H3,(H,14,15). The van der Waals surface area contributed by atoms with Crippen LogP contribution in [-0.4, -0.2) is 30.0 Å². The Balaban J connectivity index is 2.29. The lowest BCUT2D eigenvalue weighted by Crippen LogP contribution is -2.49. The Morgan fingerprint density at radius 1 is 1.44 bits per heavy atom. The first-order valence-corrected chi connectivity index (χ1v) is 7.18. The minimum atomic E-state index is -0.412. The topological polar surface area (TPSA) is 55.1 Å². The zero-order chi connectivity index (χ0) is 12.2. The van der Waals surface area contributed by atoms with E-state index in [4.69, 9.17) is 5.73 Å². The predicted molar refractivity (Wildman–Crippen MR) is 70.5 cm³/mol. The Morgan fingerprint density at radius 3 is 2.50 bits per heavy atom. The maximum Gasteiger partial charge on any atom is 0.237 e. The highest BCUT2D eigenvalue weighted by Gasteiger charge is 2.27. The van der Waals surface area contributed by atoms with Gasteiger partial charge in [-0.1, -0.05) is 20.8 Å². The number of nitrogens with two attached hydrogens (primary N) is 1. The van der Waals surface area contributed by atoms with Crippen LogP contribution in [0.1, 0.15) is 33.6 Å². The first-order valence-electron chi connectivity index (χ1n) is 6.02. The fourth-order valence-corrected chi connectivity index (χ4v) is 2.90. The Bertz CT molecular complexity index is 232. The van der Waals surface area contributed by atoms with Gasteiger partial charge in [0.1, 0.15) is 0 Å². The molecule has 0 saturated carbocycles. The van der Waals surface area contributed by atoms with Gasteiger partial charge in [0.05, 0.1) is 6.04 Å². The highest BCUT2D eigenvalue weighted by atomic mass is 32.2. The van der Waals surface area contributed by atoms with Gasteiger partial charge in [0.2, 0.25) is 5.91 Å². The number of carbonyl (C=O) groups is 1. The summed E-state index contributed by atoms with van der Waals surface area (Å²) in [5, 5.41) is 2.99. The van der Waals surface area contributed by atoms with E-state index in [2.05, 4.69) is 5.32 Å². The third-order valence-corrected chi connectivity index (χ3v) is 4.17. The second-order valence-corrected chi connectivity index (χ2v) is 6.87. The van der Waals surface area contributed by atoms with Crippen LogP contribution in [0.3, 0.4) is 0 Å². The summed E-state index contributed by atoms with van der Waals surface area (Å²) < 4.78 is 0. The van der Waals surface area contributed by atoms with Gasteiger partial charge in [-0.25, -0.2) is 0 Å². The normalized spacial score (nSPS) is 20.5. The summed E-state index contributed by atoms with van der Waals surface area (Å²) >= 11 is 2.01. The Morgan fingerprint density at radius 2 is 2.00 bits per heavy atom. The lowest BCUT2D eigenvalue weighted by molar-refractivity contribution is -0.124. The van der Waals surface area contributed by atoms with Crippen molar-refractivity contribution in [1.82, 2.24) is 5.32 Å². The molecule has 1 heterocycles. The minimum absolute atomic E-state index is 0.00859. The van der Waals surface area contributed by atoms with Crippen LogP contribution in [0.4, 0.5) is 0 Å². The lowest BCUT2D eigenvalue weighted by Gasteiger charge is -2.27. The van der Waals surface area contributed by atoms with Crippen molar-refractivity contribution in [1.29, 1.82) is 0 Å². The quantitative estimate of drug-likeness (QED) is 0.793. The zero-order valence-corrected chi connectivity index (χ0v) is 11.4. The Kier molecular flexibility index (Phi) is 5.12. The van der Waals surface area contributed by atoms with Crippen molar-refractivity contribution < 1.29 is 4.79 Å². The summed E-state index contributed by atoms with van der Waals surface area (Å²) in [5.41, 5.74) is 5.73. The summed E-state index contributed by atoms with van der Waals surface area (Å²) in [6.45, 7) is 6.78. The zero-order valence-electron chi connectivity index (χ0n) is 10.6. The van der Waals surface area contributed by atoms with Crippen molar-refractivity contribution >= 4 is 17.7 Å². The van der Waals surface area contributed by atoms with Crippen molar-refractivity contribution in [3.8, 4) is 0 Å². The minimum Gasteiger partial charge on any atom is -0.354 e. The van der Waals surface area contributed by atoms with E-state index in [-0.39, 0.29) is 11.3 Å². The number of nitrogens with one attached hydrogen (secondary N) is 1. The molecule has 1 unspecified atom stereocenters.